The minimum Gasteiger partial charge on any atom is -0.396 e. The molecule has 0 bridgehead atoms. The fourth-order valence-electron chi connectivity index (χ4n) is 2.51. The summed E-state index contributed by atoms with van der Waals surface area (Å²) >= 11 is 0. The van der Waals surface area contributed by atoms with Gasteiger partial charge in [0.05, 0.1) is 0 Å². The summed E-state index contributed by atoms with van der Waals surface area (Å²) in [5, 5.41) is 8.87. The Kier molecular flexibility index (Phi) is 5.87. The normalized spacial score (nSPS) is 11.5. The van der Waals surface area contributed by atoms with E-state index in [9.17, 15) is 9.59 Å². The quantitative estimate of drug-likeness (QED) is 0.821. The van der Waals surface area contributed by atoms with E-state index in [2.05, 4.69) is 18.8 Å². The number of benzene rings is 1. The fraction of sp³-hybridized carbons (Fsp3) is 0.389. The van der Waals surface area contributed by atoms with E-state index >= 15 is 0 Å². The molecule has 0 radical (unpaired) electrons. The Hall–Kier alpha value is -2.47. The molecule has 2 aromatic rings. The maximum absolute atomic E-state index is 12.3. The predicted molar refractivity (Wildman–Crippen MR) is 95.4 cm³/mol. The van der Waals surface area contributed by atoms with Crippen molar-refractivity contribution in [3.63, 3.8) is 0 Å². The highest BCUT2D eigenvalue weighted by molar-refractivity contribution is 5.83. The molecule has 1 aromatic carbocycles. The zero-order chi connectivity index (χ0) is 17.7. The van der Waals surface area contributed by atoms with Gasteiger partial charge < -0.3 is 5.11 Å². The molecular formula is C18H23N3O3. The molecule has 6 heteroatoms. The molecule has 6 nitrogen and oxygen atoms in total. The van der Waals surface area contributed by atoms with E-state index < -0.39 is 11.2 Å². The van der Waals surface area contributed by atoms with Crippen LogP contribution >= 0.6 is 0 Å². The van der Waals surface area contributed by atoms with Gasteiger partial charge in [-0.2, -0.15) is 0 Å². The molecule has 0 aliphatic carbocycles. The van der Waals surface area contributed by atoms with Crippen LogP contribution in [-0.2, 0) is 13.6 Å². The second kappa shape index (κ2) is 7.88. The summed E-state index contributed by atoms with van der Waals surface area (Å²) in [6, 6.07) is 9.24. The summed E-state index contributed by atoms with van der Waals surface area (Å²) < 4.78 is 2.45. The smallest absolute Gasteiger partial charge is 0.332 e. The average Bonchev–Trinajstić information content (AvgIpc) is 2.57. The Bertz CT molecular complexity index is 847. The Balaban J connectivity index is 2.41. The SMILES string of the molecule is CC(C)c1ccccc1C=Nc1cc(=O)n(CCCO)c(=O)n1C. The summed E-state index contributed by atoms with van der Waals surface area (Å²) in [4.78, 5) is 28.7. The molecule has 0 aliphatic heterocycles. The van der Waals surface area contributed by atoms with Crippen LogP contribution in [0.3, 0.4) is 0 Å². The van der Waals surface area contributed by atoms with E-state index in [4.69, 9.17) is 5.11 Å². The first-order valence-electron chi connectivity index (χ1n) is 8.00. The molecule has 1 heterocycles. The second-order valence-corrected chi connectivity index (χ2v) is 5.95. The third kappa shape index (κ3) is 3.89. The van der Waals surface area contributed by atoms with E-state index in [-0.39, 0.29) is 13.2 Å². The molecule has 0 aliphatic rings. The number of aliphatic hydroxyl groups is 1. The van der Waals surface area contributed by atoms with Crippen LogP contribution in [0.1, 0.15) is 37.3 Å². The van der Waals surface area contributed by atoms with Crippen molar-refractivity contribution in [1.82, 2.24) is 9.13 Å². The highest BCUT2D eigenvalue weighted by atomic mass is 16.3. The molecule has 0 amide bonds. The lowest BCUT2D eigenvalue weighted by molar-refractivity contribution is 0.277. The topological polar surface area (TPSA) is 76.6 Å². The van der Waals surface area contributed by atoms with Crippen molar-refractivity contribution in [2.45, 2.75) is 32.7 Å². The second-order valence-electron chi connectivity index (χ2n) is 5.95. The largest absolute Gasteiger partial charge is 0.396 e. The Labute approximate surface area is 140 Å². The van der Waals surface area contributed by atoms with E-state index in [1.165, 1.54) is 10.6 Å². The van der Waals surface area contributed by atoms with Crippen molar-refractivity contribution in [2.24, 2.45) is 12.0 Å². The lowest BCUT2D eigenvalue weighted by Gasteiger charge is -2.10. The molecule has 24 heavy (non-hydrogen) atoms. The lowest BCUT2D eigenvalue weighted by atomic mass is 9.98. The van der Waals surface area contributed by atoms with Crippen molar-refractivity contribution in [3.8, 4) is 0 Å². The van der Waals surface area contributed by atoms with Gasteiger partial charge in [-0.05, 0) is 23.5 Å². The van der Waals surface area contributed by atoms with E-state index in [1.807, 2.05) is 24.3 Å². The van der Waals surface area contributed by atoms with Gasteiger partial charge in [-0.1, -0.05) is 38.1 Å². The van der Waals surface area contributed by atoms with Crippen LogP contribution in [0.25, 0.3) is 0 Å². The number of nitrogens with zero attached hydrogens (tertiary/aromatic N) is 3. The zero-order valence-electron chi connectivity index (χ0n) is 14.3. The molecule has 0 saturated heterocycles. The molecule has 0 fully saturated rings. The number of hydrogen-bond donors (Lipinski definition) is 1. The molecule has 0 spiro atoms. The summed E-state index contributed by atoms with van der Waals surface area (Å²) in [7, 11) is 1.58. The highest BCUT2D eigenvalue weighted by Gasteiger charge is 2.08. The Morgan fingerprint density at radius 1 is 1.25 bits per heavy atom. The minimum absolute atomic E-state index is 0.0680. The minimum atomic E-state index is -0.430. The van der Waals surface area contributed by atoms with E-state index in [0.29, 0.717) is 18.2 Å². The molecule has 2 rings (SSSR count). The monoisotopic (exact) mass is 329 g/mol. The first kappa shape index (κ1) is 17.9. The Morgan fingerprint density at radius 3 is 2.62 bits per heavy atom. The maximum Gasteiger partial charge on any atom is 0.332 e. The van der Waals surface area contributed by atoms with Crippen LogP contribution in [0.5, 0.6) is 0 Å². The predicted octanol–water partition coefficient (Wildman–Crippen LogP) is 1.80. The molecule has 0 unspecified atom stereocenters. The van der Waals surface area contributed by atoms with Crippen molar-refractivity contribution in [2.75, 3.05) is 6.61 Å². The van der Waals surface area contributed by atoms with E-state index in [0.717, 1.165) is 15.7 Å². The standard InChI is InChI=1S/C18H23N3O3/c1-13(2)15-8-5-4-7-14(15)12-19-16-11-17(23)21(9-6-10-22)18(24)20(16)3/h4-5,7-8,11-13,22H,6,9-10H2,1-3H3. The van der Waals surface area contributed by atoms with Crippen molar-refractivity contribution in [1.29, 1.82) is 0 Å². The lowest BCUT2D eigenvalue weighted by Crippen LogP contribution is -2.38. The number of hydrogen-bond acceptors (Lipinski definition) is 4. The maximum atomic E-state index is 12.3. The molecule has 0 atom stereocenters. The first-order valence-corrected chi connectivity index (χ1v) is 8.00. The van der Waals surface area contributed by atoms with Gasteiger partial charge in [0, 0.05) is 32.5 Å². The average molecular weight is 329 g/mol. The Morgan fingerprint density at radius 2 is 1.96 bits per heavy atom. The number of aromatic nitrogens is 2. The summed E-state index contributed by atoms with van der Waals surface area (Å²) in [5.74, 6) is 0.659. The number of aliphatic imine (C=N–C) groups is 1. The molecule has 0 saturated carbocycles. The fourth-order valence-corrected chi connectivity index (χ4v) is 2.51. The molecular weight excluding hydrogens is 306 g/mol. The van der Waals surface area contributed by atoms with Crippen LogP contribution in [0.2, 0.25) is 0 Å². The number of aliphatic hydroxyl groups excluding tert-OH is 1. The molecule has 1 aromatic heterocycles. The molecule has 128 valence electrons. The number of rotatable bonds is 6. The summed E-state index contributed by atoms with van der Waals surface area (Å²) in [6.45, 7) is 4.33. The van der Waals surface area contributed by atoms with Crippen LogP contribution < -0.4 is 11.2 Å². The third-order valence-electron chi connectivity index (χ3n) is 3.87. The van der Waals surface area contributed by atoms with Gasteiger partial charge >= 0.3 is 5.69 Å². The van der Waals surface area contributed by atoms with Crippen LogP contribution in [0, 0.1) is 0 Å². The highest BCUT2D eigenvalue weighted by Crippen LogP contribution is 2.18. The van der Waals surface area contributed by atoms with Crippen molar-refractivity contribution < 1.29 is 5.11 Å². The summed E-state index contributed by atoms with van der Waals surface area (Å²) in [6.07, 6.45) is 2.04. The third-order valence-corrected chi connectivity index (χ3v) is 3.87. The van der Waals surface area contributed by atoms with Gasteiger partial charge in [0.25, 0.3) is 5.56 Å². The van der Waals surface area contributed by atoms with Crippen LogP contribution in [-0.4, -0.2) is 27.1 Å². The molecule has 1 N–H and O–H groups in total. The summed E-state index contributed by atoms with van der Waals surface area (Å²) in [5.41, 5.74) is 1.28. The zero-order valence-corrected chi connectivity index (χ0v) is 14.3. The van der Waals surface area contributed by atoms with Crippen molar-refractivity contribution in [3.05, 3.63) is 62.3 Å². The van der Waals surface area contributed by atoms with E-state index in [1.54, 1.807) is 13.3 Å². The van der Waals surface area contributed by atoms with Gasteiger partial charge in [0.1, 0.15) is 5.82 Å². The first-order chi connectivity index (χ1) is 11.5. The van der Waals surface area contributed by atoms with Crippen LogP contribution in [0.4, 0.5) is 5.82 Å². The van der Waals surface area contributed by atoms with Gasteiger partial charge in [-0.3, -0.25) is 13.9 Å². The van der Waals surface area contributed by atoms with Crippen LogP contribution in [0.15, 0.2) is 44.9 Å². The van der Waals surface area contributed by atoms with Gasteiger partial charge in [-0.15, -0.1) is 0 Å². The van der Waals surface area contributed by atoms with Gasteiger partial charge in [0.2, 0.25) is 0 Å². The van der Waals surface area contributed by atoms with Crippen molar-refractivity contribution >= 4 is 12.0 Å². The van der Waals surface area contributed by atoms with Gasteiger partial charge in [0.15, 0.2) is 0 Å². The van der Waals surface area contributed by atoms with Gasteiger partial charge in [-0.25, -0.2) is 9.79 Å².